The van der Waals surface area contributed by atoms with Crippen LogP contribution in [0.5, 0.6) is 5.75 Å². The molecule has 0 radical (unpaired) electrons. The summed E-state index contributed by atoms with van der Waals surface area (Å²) < 4.78 is 0. The van der Waals surface area contributed by atoms with Crippen molar-refractivity contribution in [1.82, 2.24) is 9.97 Å². The van der Waals surface area contributed by atoms with E-state index in [2.05, 4.69) is 16.0 Å². The lowest BCUT2D eigenvalue weighted by atomic mass is 9.97. The molecule has 0 aliphatic carbocycles. The maximum Gasteiger partial charge on any atom is 0.125 e. The zero-order valence-corrected chi connectivity index (χ0v) is 13.2. The fourth-order valence-corrected chi connectivity index (χ4v) is 2.97. The average molecular weight is 323 g/mol. The summed E-state index contributed by atoms with van der Waals surface area (Å²) in [6, 6.07) is 19.1. The fourth-order valence-electron chi connectivity index (χ4n) is 2.97. The number of aromatic nitrogens is 2. The molecular formula is C21H13N3O. The lowest BCUT2D eigenvalue weighted by Gasteiger charge is -2.11. The smallest absolute Gasteiger partial charge is 0.125 e. The van der Waals surface area contributed by atoms with Crippen LogP contribution in [-0.2, 0) is 0 Å². The Balaban J connectivity index is 2.00. The van der Waals surface area contributed by atoms with Crippen molar-refractivity contribution >= 4 is 10.8 Å². The van der Waals surface area contributed by atoms with Gasteiger partial charge in [0.15, 0.2) is 0 Å². The molecule has 0 aliphatic heterocycles. The maximum atomic E-state index is 10.4. The van der Waals surface area contributed by atoms with Crippen LogP contribution in [0.1, 0.15) is 5.56 Å². The van der Waals surface area contributed by atoms with Crippen molar-refractivity contribution in [3.8, 4) is 34.2 Å². The molecule has 0 fully saturated rings. The van der Waals surface area contributed by atoms with E-state index >= 15 is 0 Å². The number of fused-ring (bicyclic) bond motifs is 1. The predicted molar refractivity (Wildman–Crippen MR) is 96.8 cm³/mol. The van der Waals surface area contributed by atoms with E-state index in [1.165, 1.54) is 0 Å². The number of rotatable bonds is 2. The molecule has 0 atom stereocenters. The van der Waals surface area contributed by atoms with Gasteiger partial charge in [0.05, 0.1) is 11.3 Å². The number of hydrogen-bond donors (Lipinski definition) is 1. The molecule has 0 saturated carbocycles. The molecule has 0 amide bonds. The third-order valence-corrected chi connectivity index (χ3v) is 4.16. The van der Waals surface area contributed by atoms with Crippen LogP contribution in [-0.4, -0.2) is 15.1 Å². The second-order valence-electron chi connectivity index (χ2n) is 5.65. The second kappa shape index (κ2) is 6.06. The van der Waals surface area contributed by atoms with Crippen molar-refractivity contribution < 1.29 is 5.11 Å². The summed E-state index contributed by atoms with van der Waals surface area (Å²) in [7, 11) is 0. The highest BCUT2D eigenvalue weighted by Crippen LogP contribution is 2.37. The molecule has 4 heteroatoms. The van der Waals surface area contributed by atoms with E-state index < -0.39 is 0 Å². The van der Waals surface area contributed by atoms with Crippen LogP contribution >= 0.6 is 0 Å². The van der Waals surface area contributed by atoms with Crippen LogP contribution in [0.3, 0.4) is 0 Å². The van der Waals surface area contributed by atoms with E-state index in [9.17, 15) is 10.4 Å². The number of pyridine rings is 2. The van der Waals surface area contributed by atoms with Crippen LogP contribution in [0.2, 0.25) is 0 Å². The number of nitrogens with zero attached hydrogens (tertiary/aromatic N) is 3. The van der Waals surface area contributed by atoms with Crippen LogP contribution < -0.4 is 0 Å². The molecule has 25 heavy (non-hydrogen) atoms. The Hall–Kier alpha value is -3.71. The molecule has 2 aromatic heterocycles. The third-order valence-electron chi connectivity index (χ3n) is 4.16. The van der Waals surface area contributed by atoms with E-state index in [1.807, 2.05) is 48.5 Å². The molecule has 0 saturated heterocycles. The van der Waals surface area contributed by atoms with Gasteiger partial charge in [-0.2, -0.15) is 5.26 Å². The van der Waals surface area contributed by atoms with Gasteiger partial charge in [-0.25, -0.2) is 0 Å². The molecule has 0 unspecified atom stereocenters. The first-order valence-electron chi connectivity index (χ1n) is 7.79. The monoisotopic (exact) mass is 323 g/mol. The van der Waals surface area contributed by atoms with E-state index in [4.69, 9.17) is 0 Å². The zero-order valence-electron chi connectivity index (χ0n) is 13.2. The molecule has 4 aromatic rings. The standard InChI is InChI=1S/C21H13N3O/c22-11-16-13-24-19(10-18(16)15-5-3-9-23-12-15)21-17-6-2-1-4-14(17)7-8-20(21)25/h1-10,12-13,25H. The number of hydrogen-bond acceptors (Lipinski definition) is 4. The van der Waals surface area contributed by atoms with Gasteiger partial charge in [-0.05, 0) is 29.0 Å². The molecule has 4 rings (SSSR count). The predicted octanol–water partition coefficient (Wildman–Crippen LogP) is 4.54. The normalized spacial score (nSPS) is 10.5. The van der Waals surface area contributed by atoms with E-state index in [-0.39, 0.29) is 5.75 Å². The van der Waals surface area contributed by atoms with Gasteiger partial charge in [-0.15, -0.1) is 0 Å². The molecule has 1 N–H and O–H groups in total. The Kier molecular flexibility index (Phi) is 3.60. The van der Waals surface area contributed by atoms with Crippen molar-refractivity contribution in [1.29, 1.82) is 5.26 Å². The molecule has 4 nitrogen and oxygen atoms in total. The fraction of sp³-hybridized carbons (Fsp3) is 0. The van der Waals surface area contributed by atoms with Crippen molar-refractivity contribution in [2.75, 3.05) is 0 Å². The Morgan fingerprint density at radius 3 is 2.64 bits per heavy atom. The van der Waals surface area contributed by atoms with Crippen molar-refractivity contribution in [3.05, 3.63) is 78.8 Å². The molecule has 0 aliphatic rings. The summed E-state index contributed by atoms with van der Waals surface area (Å²) in [6.45, 7) is 0. The molecule has 0 spiro atoms. The highest BCUT2D eigenvalue weighted by atomic mass is 16.3. The Labute approximate surface area is 144 Å². The van der Waals surface area contributed by atoms with Gasteiger partial charge in [0, 0.05) is 35.3 Å². The van der Waals surface area contributed by atoms with Gasteiger partial charge in [-0.1, -0.05) is 36.4 Å². The van der Waals surface area contributed by atoms with Crippen LogP contribution in [0.15, 0.2) is 73.2 Å². The number of benzene rings is 2. The van der Waals surface area contributed by atoms with Gasteiger partial charge in [0.1, 0.15) is 11.8 Å². The number of aromatic hydroxyl groups is 1. The lowest BCUT2D eigenvalue weighted by Crippen LogP contribution is -1.92. The Bertz CT molecular complexity index is 1110. The van der Waals surface area contributed by atoms with Crippen LogP contribution in [0.25, 0.3) is 33.2 Å². The van der Waals surface area contributed by atoms with E-state index in [0.29, 0.717) is 16.8 Å². The van der Waals surface area contributed by atoms with Gasteiger partial charge in [-0.3, -0.25) is 9.97 Å². The van der Waals surface area contributed by atoms with Crippen LogP contribution in [0, 0.1) is 11.3 Å². The summed E-state index contributed by atoms with van der Waals surface area (Å²) >= 11 is 0. The second-order valence-corrected chi connectivity index (χ2v) is 5.65. The minimum Gasteiger partial charge on any atom is -0.507 e. The SMILES string of the molecule is N#Cc1cnc(-c2c(O)ccc3ccccc23)cc1-c1cccnc1. The number of nitriles is 1. The first-order valence-corrected chi connectivity index (χ1v) is 7.79. The highest BCUT2D eigenvalue weighted by Gasteiger charge is 2.14. The third kappa shape index (κ3) is 2.58. The first-order chi connectivity index (χ1) is 12.3. The first kappa shape index (κ1) is 14.9. The topological polar surface area (TPSA) is 69.8 Å². The van der Waals surface area contributed by atoms with Crippen molar-refractivity contribution in [3.63, 3.8) is 0 Å². The average Bonchev–Trinajstić information content (AvgIpc) is 2.68. The number of phenolic OH excluding ortho intramolecular Hbond substituents is 1. The van der Waals surface area contributed by atoms with Gasteiger partial charge in [0.2, 0.25) is 0 Å². The van der Waals surface area contributed by atoms with E-state index in [1.54, 1.807) is 24.7 Å². The van der Waals surface area contributed by atoms with E-state index in [0.717, 1.165) is 21.9 Å². The minimum absolute atomic E-state index is 0.160. The Morgan fingerprint density at radius 1 is 0.960 bits per heavy atom. The minimum atomic E-state index is 0.160. The number of phenols is 1. The maximum absolute atomic E-state index is 10.4. The van der Waals surface area contributed by atoms with Gasteiger partial charge in [0.25, 0.3) is 0 Å². The molecule has 2 aromatic carbocycles. The molecule has 2 heterocycles. The largest absolute Gasteiger partial charge is 0.507 e. The molecule has 118 valence electrons. The quantitative estimate of drug-likeness (QED) is 0.588. The summed E-state index contributed by atoms with van der Waals surface area (Å²) in [5, 5.41) is 21.8. The van der Waals surface area contributed by atoms with Gasteiger partial charge >= 0.3 is 0 Å². The van der Waals surface area contributed by atoms with Crippen LogP contribution in [0.4, 0.5) is 0 Å². The highest BCUT2D eigenvalue weighted by molar-refractivity contribution is 5.99. The summed E-state index contributed by atoms with van der Waals surface area (Å²) in [5.74, 6) is 0.160. The lowest BCUT2D eigenvalue weighted by molar-refractivity contribution is 0.478. The summed E-state index contributed by atoms with van der Waals surface area (Å²) in [4.78, 5) is 8.54. The van der Waals surface area contributed by atoms with Crippen molar-refractivity contribution in [2.45, 2.75) is 0 Å². The molecule has 0 bridgehead atoms. The zero-order chi connectivity index (χ0) is 17.2. The van der Waals surface area contributed by atoms with Gasteiger partial charge < -0.3 is 5.11 Å². The Morgan fingerprint density at radius 2 is 1.84 bits per heavy atom. The summed E-state index contributed by atoms with van der Waals surface area (Å²) in [6.07, 6.45) is 4.94. The molecular weight excluding hydrogens is 310 g/mol. The summed E-state index contributed by atoms with van der Waals surface area (Å²) in [5.41, 5.74) is 3.33. The van der Waals surface area contributed by atoms with Crippen molar-refractivity contribution in [2.24, 2.45) is 0 Å².